The van der Waals surface area contributed by atoms with Crippen LogP contribution in [0.2, 0.25) is 0 Å². The molecule has 3 rings (SSSR count). The Kier molecular flexibility index (Phi) is 8.35. The van der Waals surface area contributed by atoms with Crippen LogP contribution in [0.15, 0.2) is 35.5 Å². The second kappa shape index (κ2) is 10.5. The van der Waals surface area contributed by atoms with Crippen molar-refractivity contribution < 1.29 is 24.5 Å². The Hall–Kier alpha value is -1.88. The normalized spacial score (nSPS) is 35.5. The smallest absolute Gasteiger partial charge is 0.330 e. The Morgan fingerprint density at radius 2 is 1.94 bits per heavy atom. The maximum Gasteiger partial charge on any atom is 0.330 e. The summed E-state index contributed by atoms with van der Waals surface area (Å²) in [5.74, 6) is 0.283. The number of allylic oxidation sites excluding steroid dienone is 3. The van der Waals surface area contributed by atoms with Crippen molar-refractivity contribution >= 4 is 11.9 Å². The molecule has 36 heavy (non-hydrogen) atoms. The maximum atomic E-state index is 12.4. The molecule has 0 heterocycles. The van der Waals surface area contributed by atoms with Gasteiger partial charge in [0.25, 0.3) is 0 Å². The molecule has 0 aromatic carbocycles. The van der Waals surface area contributed by atoms with Crippen molar-refractivity contribution in [2.75, 3.05) is 7.11 Å². The van der Waals surface area contributed by atoms with E-state index >= 15 is 0 Å². The largest absolute Gasteiger partial charge is 0.478 e. The first-order valence-corrected chi connectivity index (χ1v) is 13.8. The lowest BCUT2D eigenvalue weighted by Gasteiger charge is -2.54. The molecule has 0 bridgehead atoms. The highest BCUT2D eigenvalue weighted by molar-refractivity contribution is 5.85. The molecule has 3 aliphatic rings. The number of aliphatic hydroxyl groups is 1. The van der Waals surface area contributed by atoms with Crippen molar-refractivity contribution in [3.63, 3.8) is 0 Å². The van der Waals surface area contributed by atoms with Gasteiger partial charge in [0.05, 0.1) is 12.7 Å². The number of carbonyl (C=O) groups is 2. The molecule has 202 valence electrons. The highest BCUT2D eigenvalue weighted by Crippen LogP contribution is 2.65. The quantitative estimate of drug-likeness (QED) is 0.220. The van der Waals surface area contributed by atoms with E-state index in [4.69, 9.17) is 9.84 Å². The number of fused-ring (bicyclic) bond motifs is 3. The minimum Gasteiger partial charge on any atom is -0.478 e. The Balaban J connectivity index is 1.88. The topological polar surface area (TPSA) is 83.8 Å². The van der Waals surface area contributed by atoms with Gasteiger partial charge in [0.2, 0.25) is 0 Å². The molecule has 0 aromatic heterocycles. The van der Waals surface area contributed by atoms with E-state index in [-0.39, 0.29) is 35.1 Å². The van der Waals surface area contributed by atoms with Gasteiger partial charge in [-0.3, -0.25) is 4.79 Å². The van der Waals surface area contributed by atoms with Gasteiger partial charge >= 0.3 is 11.9 Å². The van der Waals surface area contributed by atoms with E-state index in [0.29, 0.717) is 29.7 Å². The Morgan fingerprint density at radius 3 is 2.53 bits per heavy atom. The lowest BCUT2D eigenvalue weighted by Crippen LogP contribution is -2.52. The van der Waals surface area contributed by atoms with Gasteiger partial charge < -0.3 is 14.9 Å². The Morgan fingerprint density at radius 1 is 1.28 bits per heavy atom. The minimum atomic E-state index is -1.02. The van der Waals surface area contributed by atoms with Gasteiger partial charge in [-0.2, -0.15) is 0 Å². The molecule has 0 aromatic rings. The van der Waals surface area contributed by atoms with Crippen molar-refractivity contribution in [1.82, 2.24) is 0 Å². The lowest BCUT2D eigenvalue weighted by atomic mass is 9.52. The lowest BCUT2D eigenvalue weighted by molar-refractivity contribution is -0.143. The summed E-state index contributed by atoms with van der Waals surface area (Å²) in [7, 11) is 1.41. The van der Waals surface area contributed by atoms with Gasteiger partial charge in [0, 0.05) is 17.9 Å². The SMILES string of the molecule is C=C1[C@@H]([C@H](C)CC/C=C(/C)C(=O)O)CC[C@@]2(C)[C@@H]3CC[C@H](C(C)(C)C)[C@@](O)(CCC(=O)OC)C3=C[C@@H]12. The second-order valence-corrected chi connectivity index (χ2v) is 13.1. The fourth-order valence-electron chi connectivity index (χ4n) is 7.87. The first kappa shape index (κ1) is 28.7. The van der Waals surface area contributed by atoms with Gasteiger partial charge in [0.1, 0.15) is 0 Å². The van der Waals surface area contributed by atoms with Crippen LogP contribution in [-0.2, 0) is 14.3 Å². The molecular weight excluding hydrogens is 452 g/mol. The number of aliphatic carboxylic acids is 1. The molecule has 0 spiro atoms. The summed E-state index contributed by atoms with van der Waals surface area (Å²) in [5.41, 5.74) is 1.75. The monoisotopic (exact) mass is 500 g/mol. The zero-order valence-electron chi connectivity index (χ0n) is 23.5. The van der Waals surface area contributed by atoms with Crippen LogP contribution in [0.1, 0.15) is 92.9 Å². The van der Waals surface area contributed by atoms with Crippen LogP contribution < -0.4 is 0 Å². The minimum absolute atomic E-state index is 0.0462. The van der Waals surface area contributed by atoms with Crippen molar-refractivity contribution in [3.05, 3.63) is 35.5 Å². The van der Waals surface area contributed by atoms with E-state index in [0.717, 1.165) is 44.1 Å². The molecule has 5 heteroatoms. The molecule has 2 saturated carbocycles. The van der Waals surface area contributed by atoms with E-state index in [2.05, 4.69) is 47.3 Å². The van der Waals surface area contributed by atoms with Crippen LogP contribution in [0.3, 0.4) is 0 Å². The van der Waals surface area contributed by atoms with E-state index in [1.165, 1.54) is 12.7 Å². The highest BCUT2D eigenvalue weighted by Gasteiger charge is 2.60. The van der Waals surface area contributed by atoms with Gasteiger partial charge in [-0.1, -0.05) is 58.9 Å². The average molecular weight is 501 g/mol. The van der Waals surface area contributed by atoms with E-state index < -0.39 is 11.6 Å². The Bertz CT molecular complexity index is 937. The van der Waals surface area contributed by atoms with Gasteiger partial charge in [-0.15, -0.1) is 0 Å². The summed E-state index contributed by atoms with van der Waals surface area (Å²) in [6.07, 6.45) is 10.7. The number of carboxylic acids is 1. The number of hydrogen-bond donors (Lipinski definition) is 2. The highest BCUT2D eigenvalue weighted by atomic mass is 16.5. The molecule has 0 radical (unpaired) electrons. The number of rotatable bonds is 8. The third kappa shape index (κ3) is 5.23. The average Bonchev–Trinajstić information content (AvgIpc) is 3.11. The fourth-order valence-corrected chi connectivity index (χ4v) is 7.87. The maximum absolute atomic E-state index is 12.4. The first-order chi connectivity index (χ1) is 16.7. The summed E-state index contributed by atoms with van der Waals surface area (Å²) < 4.78 is 4.93. The fraction of sp³-hybridized carbons (Fsp3) is 0.742. The van der Waals surface area contributed by atoms with E-state index in [1.807, 2.05) is 6.08 Å². The second-order valence-electron chi connectivity index (χ2n) is 13.1. The first-order valence-electron chi connectivity index (χ1n) is 13.8. The number of methoxy groups -OCH3 is 1. The van der Waals surface area contributed by atoms with Crippen LogP contribution in [0.5, 0.6) is 0 Å². The van der Waals surface area contributed by atoms with Crippen LogP contribution in [0, 0.1) is 40.4 Å². The van der Waals surface area contributed by atoms with Gasteiger partial charge in [-0.05, 0) is 91.9 Å². The van der Waals surface area contributed by atoms with Crippen molar-refractivity contribution in [3.8, 4) is 0 Å². The van der Waals surface area contributed by atoms with Crippen molar-refractivity contribution in [2.24, 2.45) is 40.4 Å². The summed E-state index contributed by atoms with van der Waals surface area (Å²) in [6, 6.07) is 0. The van der Waals surface area contributed by atoms with E-state index in [9.17, 15) is 14.7 Å². The predicted octanol–water partition coefficient (Wildman–Crippen LogP) is 6.72. The zero-order chi connectivity index (χ0) is 27.1. The van der Waals surface area contributed by atoms with Crippen LogP contribution in [0.4, 0.5) is 0 Å². The number of carbonyl (C=O) groups excluding carboxylic acids is 1. The van der Waals surface area contributed by atoms with Gasteiger partial charge in [0.15, 0.2) is 0 Å². The molecule has 0 unspecified atom stereocenters. The molecule has 7 atom stereocenters. The predicted molar refractivity (Wildman–Crippen MR) is 143 cm³/mol. The molecular formula is C31H48O5. The molecule has 5 nitrogen and oxygen atoms in total. The van der Waals surface area contributed by atoms with Crippen molar-refractivity contribution in [1.29, 1.82) is 0 Å². The molecule has 3 aliphatic carbocycles. The molecule has 2 fully saturated rings. The summed E-state index contributed by atoms with van der Waals surface area (Å²) in [4.78, 5) is 23.2. The van der Waals surface area contributed by atoms with Crippen molar-refractivity contribution in [2.45, 2.75) is 98.5 Å². The van der Waals surface area contributed by atoms with Crippen LogP contribution in [0.25, 0.3) is 0 Å². The van der Waals surface area contributed by atoms with Crippen LogP contribution in [-0.4, -0.2) is 34.9 Å². The summed E-state index contributed by atoms with van der Waals surface area (Å²) in [5, 5.41) is 21.5. The van der Waals surface area contributed by atoms with Gasteiger partial charge in [-0.25, -0.2) is 4.79 Å². The standard InChI is InChI=1S/C31H48O5/c1-19(10-9-11-20(2)28(33)34)22-14-16-30(7)23-12-13-26(29(4,5)6)31(35,17-15-27(32)36-8)25(23)18-24(30)21(22)3/h11,18-19,22-24,26,35H,3,9-10,12-17H2,1-2,4-8H3,(H,33,34)/b20-11-/t19-,22-,23-,24+,26-,30+,31-/m1/s1. The number of carboxylic acid groups (broad SMARTS) is 1. The number of ether oxygens (including phenoxy) is 1. The summed E-state index contributed by atoms with van der Waals surface area (Å²) >= 11 is 0. The third-order valence-electron chi connectivity index (χ3n) is 10.00. The molecule has 0 aliphatic heterocycles. The molecule has 0 amide bonds. The Labute approximate surface area is 218 Å². The van der Waals surface area contributed by atoms with E-state index in [1.54, 1.807) is 6.92 Å². The zero-order valence-corrected chi connectivity index (χ0v) is 23.5. The molecule has 0 saturated heterocycles. The summed E-state index contributed by atoms with van der Waals surface area (Å²) in [6.45, 7) is 17.5. The molecule has 2 N–H and O–H groups in total. The number of esters is 1. The third-order valence-corrected chi connectivity index (χ3v) is 10.00. The number of hydrogen-bond acceptors (Lipinski definition) is 4. The van der Waals surface area contributed by atoms with Crippen LogP contribution >= 0.6 is 0 Å².